The lowest BCUT2D eigenvalue weighted by Crippen LogP contribution is -2.60. The Hall–Kier alpha value is -2.73. The third kappa shape index (κ3) is 10.2. The number of hydrogen-bond donors (Lipinski definition) is 7. The van der Waals surface area contributed by atoms with Gasteiger partial charge in [-0.15, -0.1) is 0 Å². The van der Waals surface area contributed by atoms with E-state index < -0.39 is 66.4 Å². The highest BCUT2D eigenvalue weighted by molar-refractivity contribution is 5.94. The summed E-state index contributed by atoms with van der Waals surface area (Å²) in [6.07, 6.45) is -2.11. The summed E-state index contributed by atoms with van der Waals surface area (Å²) in [7, 11) is 0. The van der Waals surface area contributed by atoms with E-state index in [1.165, 1.54) is 6.92 Å². The molecule has 0 aromatic rings. The second kappa shape index (κ2) is 12.8. The Bertz CT molecular complexity index is 665. The van der Waals surface area contributed by atoms with Gasteiger partial charge in [0.1, 0.15) is 18.1 Å². The molecule has 0 saturated carbocycles. The Labute approximate surface area is 180 Å². The fourth-order valence-corrected chi connectivity index (χ4v) is 2.57. The Morgan fingerprint density at radius 3 is 1.71 bits per heavy atom. The maximum atomic E-state index is 12.8. The molecule has 0 saturated heterocycles. The van der Waals surface area contributed by atoms with Gasteiger partial charge in [0, 0.05) is 0 Å². The zero-order chi connectivity index (χ0) is 24.5. The molecule has 0 rings (SSSR count). The van der Waals surface area contributed by atoms with Gasteiger partial charge in [0.2, 0.25) is 17.7 Å². The van der Waals surface area contributed by atoms with Gasteiger partial charge in [-0.2, -0.15) is 0 Å². The zero-order valence-corrected chi connectivity index (χ0v) is 18.4. The fourth-order valence-electron chi connectivity index (χ4n) is 2.57. The van der Waals surface area contributed by atoms with Gasteiger partial charge in [-0.1, -0.05) is 27.7 Å². The van der Waals surface area contributed by atoms with Gasteiger partial charge in [0.25, 0.3) is 0 Å². The lowest BCUT2D eigenvalue weighted by molar-refractivity contribution is -0.148. The van der Waals surface area contributed by atoms with E-state index in [1.807, 2.05) is 19.2 Å². The molecule has 12 nitrogen and oxygen atoms in total. The minimum Gasteiger partial charge on any atom is -0.481 e. The summed E-state index contributed by atoms with van der Waals surface area (Å²) in [5.74, 6) is -5.64. The maximum Gasteiger partial charge on any atom is 0.326 e. The second-order valence-electron chi connectivity index (χ2n) is 8.18. The lowest BCUT2D eigenvalue weighted by Gasteiger charge is -2.27. The number of carbonyl (C=O) groups excluding carboxylic acids is 3. The summed E-state index contributed by atoms with van der Waals surface area (Å²) in [5, 5.41) is 34.6. The molecule has 5 atom stereocenters. The maximum absolute atomic E-state index is 12.8. The van der Waals surface area contributed by atoms with Crippen LogP contribution in [0.25, 0.3) is 0 Å². The number of carboxylic acid groups (broad SMARTS) is 2. The summed E-state index contributed by atoms with van der Waals surface area (Å²) >= 11 is 0. The third-order valence-electron chi connectivity index (χ3n) is 4.42. The van der Waals surface area contributed by atoms with E-state index >= 15 is 0 Å². The van der Waals surface area contributed by atoms with Crippen molar-refractivity contribution in [2.24, 2.45) is 17.6 Å². The van der Waals surface area contributed by atoms with Crippen LogP contribution in [0.15, 0.2) is 0 Å². The van der Waals surface area contributed by atoms with Crippen molar-refractivity contribution in [1.82, 2.24) is 16.0 Å². The van der Waals surface area contributed by atoms with Crippen LogP contribution < -0.4 is 21.7 Å². The first-order chi connectivity index (χ1) is 14.2. The molecule has 3 amide bonds. The second-order valence-corrected chi connectivity index (χ2v) is 8.18. The van der Waals surface area contributed by atoms with E-state index in [0.29, 0.717) is 0 Å². The van der Waals surface area contributed by atoms with Gasteiger partial charge in [0.05, 0.1) is 18.6 Å². The molecule has 0 aliphatic carbocycles. The predicted octanol–water partition coefficient (Wildman–Crippen LogP) is -1.59. The summed E-state index contributed by atoms with van der Waals surface area (Å²) < 4.78 is 0. The largest absolute Gasteiger partial charge is 0.481 e. The average molecular weight is 447 g/mol. The summed E-state index contributed by atoms with van der Waals surface area (Å²) in [4.78, 5) is 59.4. The Morgan fingerprint density at radius 2 is 1.32 bits per heavy atom. The smallest absolute Gasteiger partial charge is 0.326 e. The van der Waals surface area contributed by atoms with Crippen molar-refractivity contribution in [1.29, 1.82) is 0 Å². The van der Waals surface area contributed by atoms with E-state index in [9.17, 15) is 29.1 Å². The molecular formula is C19H34N4O8. The first-order valence-electron chi connectivity index (χ1n) is 9.96. The molecule has 0 aliphatic heterocycles. The molecule has 0 aliphatic rings. The number of carboxylic acids is 2. The van der Waals surface area contributed by atoms with Crippen molar-refractivity contribution in [3.8, 4) is 0 Å². The van der Waals surface area contributed by atoms with Crippen LogP contribution in [-0.4, -0.2) is 75.3 Å². The topological polar surface area (TPSA) is 208 Å². The van der Waals surface area contributed by atoms with Crippen LogP contribution in [0.4, 0.5) is 0 Å². The van der Waals surface area contributed by atoms with Crippen molar-refractivity contribution >= 4 is 29.7 Å². The van der Waals surface area contributed by atoms with Crippen molar-refractivity contribution in [2.75, 3.05) is 0 Å². The molecule has 5 unspecified atom stereocenters. The number of aliphatic hydroxyl groups excluding tert-OH is 1. The number of nitrogens with two attached hydrogens (primary N) is 1. The van der Waals surface area contributed by atoms with Crippen molar-refractivity contribution in [3.63, 3.8) is 0 Å². The Kier molecular flexibility index (Phi) is 11.7. The normalized spacial score (nSPS) is 16.0. The number of rotatable bonds is 13. The Morgan fingerprint density at radius 1 is 0.806 bits per heavy atom. The van der Waals surface area contributed by atoms with Gasteiger partial charge >= 0.3 is 11.9 Å². The van der Waals surface area contributed by atoms with E-state index in [-0.39, 0.29) is 18.3 Å². The molecule has 0 aromatic carbocycles. The minimum atomic E-state index is -1.75. The average Bonchev–Trinajstić information content (AvgIpc) is 2.62. The molecule has 0 heterocycles. The highest BCUT2D eigenvalue weighted by Gasteiger charge is 2.33. The number of aliphatic hydroxyl groups is 1. The van der Waals surface area contributed by atoms with Gasteiger partial charge in [-0.05, 0) is 25.2 Å². The number of hydrogen-bond acceptors (Lipinski definition) is 7. The van der Waals surface area contributed by atoms with Crippen molar-refractivity contribution in [2.45, 2.75) is 77.7 Å². The van der Waals surface area contributed by atoms with E-state index in [0.717, 1.165) is 0 Å². The lowest BCUT2D eigenvalue weighted by atomic mass is 10.00. The first-order valence-corrected chi connectivity index (χ1v) is 9.96. The van der Waals surface area contributed by atoms with E-state index in [2.05, 4.69) is 10.6 Å². The summed E-state index contributed by atoms with van der Waals surface area (Å²) in [6.45, 7) is 8.31. The van der Waals surface area contributed by atoms with Crippen LogP contribution in [0, 0.1) is 11.8 Å². The SMILES string of the molecule is CC(C)CC(NC(=O)C(N)C(C)C)C(=O)NC(C(=O)NC(CC(=O)O)C(=O)O)C(C)O. The number of aliphatic carboxylic acids is 2. The number of amides is 3. The number of carbonyl (C=O) groups is 5. The van der Waals surface area contributed by atoms with Crippen LogP contribution in [0.5, 0.6) is 0 Å². The van der Waals surface area contributed by atoms with Gasteiger partial charge < -0.3 is 37.0 Å². The molecule has 31 heavy (non-hydrogen) atoms. The molecular weight excluding hydrogens is 412 g/mol. The highest BCUT2D eigenvalue weighted by atomic mass is 16.4. The van der Waals surface area contributed by atoms with Crippen molar-refractivity contribution in [3.05, 3.63) is 0 Å². The number of nitrogens with one attached hydrogen (secondary N) is 3. The Balaban J connectivity index is 5.45. The zero-order valence-electron chi connectivity index (χ0n) is 18.4. The summed E-state index contributed by atoms with van der Waals surface area (Å²) in [6, 6.07) is -5.24. The first kappa shape index (κ1) is 28.3. The van der Waals surface area contributed by atoms with Gasteiger partial charge in [0.15, 0.2) is 0 Å². The quantitative estimate of drug-likeness (QED) is 0.174. The molecule has 12 heteroatoms. The summed E-state index contributed by atoms with van der Waals surface area (Å²) in [5.41, 5.74) is 5.81. The minimum absolute atomic E-state index is 0.0166. The monoisotopic (exact) mass is 446 g/mol. The molecule has 0 radical (unpaired) electrons. The van der Waals surface area contributed by atoms with Crippen LogP contribution in [-0.2, 0) is 24.0 Å². The molecule has 0 spiro atoms. The third-order valence-corrected chi connectivity index (χ3v) is 4.42. The van der Waals surface area contributed by atoms with Crippen LogP contribution in [0.1, 0.15) is 47.5 Å². The molecule has 0 bridgehead atoms. The van der Waals surface area contributed by atoms with Crippen LogP contribution in [0.2, 0.25) is 0 Å². The standard InChI is InChI=1S/C19H34N4O8/c1-8(2)6-11(21-17(28)14(20)9(3)4)16(27)23-15(10(5)24)18(29)22-12(19(30)31)7-13(25)26/h8-12,14-15,24H,6-7,20H2,1-5H3,(H,21,28)(H,22,29)(H,23,27)(H,25,26)(H,30,31). The predicted molar refractivity (Wildman–Crippen MR) is 110 cm³/mol. The molecule has 0 aromatic heterocycles. The van der Waals surface area contributed by atoms with Gasteiger partial charge in [-0.25, -0.2) is 4.79 Å². The molecule has 0 fully saturated rings. The van der Waals surface area contributed by atoms with Crippen molar-refractivity contribution < 1.29 is 39.3 Å². The van der Waals surface area contributed by atoms with E-state index in [1.54, 1.807) is 13.8 Å². The van der Waals surface area contributed by atoms with Crippen LogP contribution in [0.3, 0.4) is 0 Å². The van der Waals surface area contributed by atoms with Crippen LogP contribution >= 0.6 is 0 Å². The van der Waals surface area contributed by atoms with E-state index in [4.69, 9.17) is 15.9 Å². The fraction of sp³-hybridized carbons (Fsp3) is 0.737. The molecule has 8 N–H and O–H groups in total. The highest BCUT2D eigenvalue weighted by Crippen LogP contribution is 2.08. The van der Waals surface area contributed by atoms with Gasteiger partial charge in [-0.3, -0.25) is 19.2 Å². The molecule has 178 valence electrons.